The highest BCUT2D eigenvalue weighted by molar-refractivity contribution is 5.65. The van der Waals surface area contributed by atoms with E-state index < -0.39 is 0 Å². The maximum atomic E-state index is 13.9. The van der Waals surface area contributed by atoms with Crippen molar-refractivity contribution in [3.05, 3.63) is 59.4 Å². The minimum Gasteiger partial charge on any atom is -0.313 e. The van der Waals surface area contributed by atoms with Gasteiger partial charge in [0.15, 0.2) is 0 Å². The third kappa shape index (κ3) is 3.18. The monoisotopic (exact) mass is 254 g/mol. The molecule has 0 atom stereocenters. The molecule has 0 aromatic heterocycles. The largest absolute Gasteiger partial charge is 0.313 e. The van der Waals surface area contributed by atoms with Gasteiger partial charge in [-0.05, 0) is 35.9 Å². The Morgan fingerprint density at radius 1 is 1.16 bits per heavy atom. The summed E-state index contributed by atoms with van der Waals surface area (Å²) in [6.07, 6.45) is 0. The van der Waals surface area contributed by atoms with Crippen LogP contribution in [0.5, 0.6) is 0 Å². The minimum absolute atomic E-state index is 0.221. The normalized spacial score (nSPS) is 10.2. The molecule has 0 aliphatic rings. The van der Waals surface area contributed by atoms with Crippen LogP contribution in [0, 0.1) is 17.1 Å². The van der Waals surface area contributed by atoms with E-state index in [9.17, 15) is 4.39 Å². The lowest BCUT2D eigenvalue weighted by molar-refractivity contribution is 0.594. The van der Waals surface area contributed by atoms with Crippen molar-refractivity contribution in [2.24, 2.45) is 0 Å². The summed E-state index contributed by atoms with van der Waals surface area (Å²) in [5.74, 6) is -0.221. The van der Waals surface area contributed by atoms with Gasteiger partial charge in [-0.25, -0.2) is 4.39 Å². The van der Waals surface area contributed by atoms with Crippen LogP contribution in [0.4, 0.5) is 4.39 Å². The molecule has 0 radical (unpaired) electrons. The molecule has 0 aliphatic heterocycles. The molecule has 0 saturated heterocycles. The van der Waals surface area contributed by atoms with Crippen molar-refractivity contribution in [1.29, 1.82) is 5.26 Å². The Balaban J connectivity index is 2.31. The van der Waals surface area contributed by atoms with Crippen LogP contribution in [0.2, 0.25) is 0 Å². The lowest BCUT2D eigenvalue weighted by atomic mass is 10.0. The lowest BCUT2D eigenvalue weighted by Crippen LogP contribution is -2.12. The first-order chi connectivity index (χ1) is 9.24. The number of benzene rings is 2. The summed E-state index contributed by atoms with van der Waals surface area (Å²) in [5, 5.41) is 12.0. The Morgan fingerprint density at radius 2 is 1.95 bits per heavy atom. The Labute approximate surface area is 112 Å². The maximum absolute atomic E-state index is 13.9. The molecule has 3 heteroatoms. The number of nitrogens with one attached hydrogen (secondary N) is 1. The van der Waals surface area contributed by atoms with Crippen molar-refractivity contribution >= 4 is 0 Å². The van der Waals surface area contributed by atoms with Gasteiger partial charge in [-0.3, -0.25) is 0 Å². The predicted molar refractivity (Wildman–Crippen MR) is 73.9 cm³/mol. The zero-order valence-corrected chi connectivity index (χ0v) is 10.8. The first-order valence-electron chi connectivity index (χ1n) is 6.24. The maximum Gasteiger partial charge on any atom is 0.128 e. The smallest absolute Gasteiger partial charge is 0.128 e. The molecule has 0 spiro atoms. The van der Waals surface area contributed by atoms with Crippen molar-refractivity contribution in [3.8, 4) is 17.2 Å². The fraction of sp³-hybridized carbons (Fsp3) is 0.188. The van der Waals surface area contributed by atoms with Crippen molar-refractivity contribution in [3.63, 3.8) is 0 Å². The number of nitriles is 1. The molecule has 2 aromatic carbocycles. The number of rotatable bonds is 4. The molecule has 0 aliphatic carbocycles. The van der Waals surface area contributed by atoms with E-state index >= 15 is 0 Å². The van der Waals surface area contributed by atoms with Crippen LogP contribution >= 0.6 is 0 Å². The summed E-state index contributed by atoms with van der Waals surface area (Å²) in [6.45, 7) is 3.33. The van der Waals surface area contributed by atoms with Gasteiger partial charge in [-0.1, -0.05) is 31.2 Å². The zero-order chi connectivity index (χ0) is 13.7. The summed E-state index contributed by atoms with van der Waals surface area (Å²) >= 11 is 0. The summed E-state index contributed by atoms with van der Waals surface area (Å²) < 4.78 is 13.9. The highest BCUT2D eigenvalue weighted by Gasteiger charge is 2.05. The van der Waals surface area contributed by atoms with E-state index in [1.165, 1.54) is 6.07 Å². The fourth-order valence-corrected chi connectivity index (χ4v) is 1.90. The second-order valence-electron chi connectivity index (χ2n) is 4.28. The van der Waals surface area contributed by atoms with Gasteiger partial charge < -0.3 is 5.32 Å². The molecule has 1 N–H and O–H groups in total. The third-order valence-electron chi connectivity index (χ3n) is 2.94. The van der Waals surface area contributed by atoms with Gasteiger partial charge >= 0.3 is 0 Å². The first kappa shape index (κ1) is 13.3. The predicted octanol–water partition coefficient (Wildman–Crippen LogP) is 3.47. The summed E-state index contributed by atoms with van der Waals surface area (Å²) in [6, 6.07) is 14.4. The number of hydrogen-bond donors (Lipinski definition) is 1. The Kier molecular flexibility index (Phi) is 4.27. The van der Waals surface area contributed by atoms with Crippen LogP contribution in [0.15, 0.2) is 42.5 Å². The minimum atomic E-state index is -0.221. The fourth-order valence-electron chi connectivity index (χ4n) is 1.90. The van der Waals surface area contributed by atoms with Gasteiger partial charge in [0.1, 0.15) is 5.82 Å². The Morgan fingerprint density at radius 3 is 2.63 bits per heavy atom. The number of halogens is 1. The van der Waals surface area contributed by atoms with E-state index in [1.54, 1.807) is 24.3 Å². The van der Waals surface area contributed by atoms with E-state index in [0.29, 0.717) is 17.7 Å². The molecule has 19 heavy (non-hydrogen) atoms. The quantitative estimate of drug-likeness (QED) is 0.906. The molecule has 0 fully saturated rings. The standard InChI is InChI=1S/C16H15FN2/c1-2-19-11-15-7-6-14(9-16(15)17)13-5-3-4-12(8-13)10-18/h3-9,19H,2,11H2,1H3. The Hall–Kier alpha value is -2.18. The van der Waals surface area contributed by atoms with Gasteiger partial charge in [0.2, 0.25) is 0 Å². The average Bonchev–Trinajstić information content (AvgIpc) is 2.46. The van der Waals surface area contributed by atoms with Gasteiger partial charge in [-0.15, -0.1) is 0 Å². The van der Waals surface area contributed by atoms with Crippen LogP contribution in [-0.4, -0.2) is 6.54 Å². The lowest BCUT2D eigenvalue weighted by Gasteiger charge is -2.07. The average molecular weight is 254 g/mol. The molecule has 0 saturated carbocycles. The molecule has 0 heterocycles. The van der Waals surface area contributed by atoms with E-state index in [1.807, 2.05) is 19.1 Å². The van der Waals surface area contributed by atoms with Gasteiger partial charge in [0.25, 0.3) is 0 Å². The van der Waals surface area contributed by atoms with Crippen LogP contribution in [0.25, 0.3) is 11.1 Å². The molecule has 2 aromatic rings. The van der Waals surface area contributed by atoms with Gasteiger partial charge in [0, 0.05) is 12.1 Å². The van der Waals surface area contributed by atoms with Crippen molar-refractivity contribution in [2.75, 3.05) is 6.54 Å². The molecule has 2 rings (SSSR count). The summed E-state index contributed by atoms with van der Waals surface area (Å²) in [7, 11) is 0. The van der Waals surface area contributed by atoms with E-state index in [-0.39, 0.29) is 5.82 Å². The second kappa shape index (κ2) is 6.12. The van der Waals surface area contributed by atoms with E-state index in [2.05, 4.69) is 11.4 Å². The van der Waals surface area contributed by atoms with Crippen LogP contribution < -0.4 is 5.32 Å². The van der Waals surface area contributed by atoms with E-state index in [0.717, 1.165) is 17.7 Å². The first-order valence-corrected chi connectivity index (χ1v) is 6.24. The van der Waals surface area contributed by atoms with Gasteiger partial charge in [-0.2, -0.15) is 5.26 Å². The van der Waals surface area contributed by atoms with Gasteiger partial charge in [0.05, 0.1) is 11.6 Å². The zero-order valence-electron chi connectivity index (χ0n) is 10.8. The summed E-state index contributed by atoms with van der Waals surface area (Å²) in [4.78, 5) is 0. The highest BCUT2D eigenvalue weighted by Crippen LogP contribution is 2.22. The van der Waals surface area contributed by atoms with Crippen LogP contribution in [-0.2, 0) is 6.54 Å². The topological polar surface area (TPSA) is 35.8 Å². The number of nitrogens with zero attached hydrogens (tertiary/aromatic N) is 1. The molecule has 0 bridgehead atoms. The second-order valence-corrected chi connectivity index (χ2v) is 4.28. The highest BCUT2D eigenvalue weighted by atomic mass is 19.1. The van der Waals surface area contributed by atoms with Crippen molar-refractivity contribution in [1.82, 2.24) is 5.32 Å². The summed E-state index contributed by atoms with van der Waals surface area (Å²) in [5.41, 5.74) is 2.87. The van der Waals surface area contributed by atoms with Crippen LogP contribution in [0.3, 0.4) is 0 Å². The molecular formula is C16H15FN2. The van der Waals surface area contributed by atoms with Crippen molar-refractivity contribution in [2.45, 2.75) is 13.5 Å². The Bertz CT molecular complexity index is 614. The van der Waals surface area contributed by atoms with Crippen LogP contribution in [0.1, 0.15) is 18.1 Å². The number of hydrogen-bond acceptors (Lipinski definition) is 2. The van der Waals surface area contributed by atoms with E-state index in [4.69, 9.17) is 5.26 Å². The SMILES string of the molecule is CCNCc1ccc(-c2cccc(C#N)c2)cc1F. The molecule has 0 amide bonds. The molecule has 2 nitrogen and oxygen atoms in total. The third-order valence-corrected chi connectivity index (χ3v) is 2.94. The van der Waals surface area contributed by atoms with Crippen molar-refractivity contribution < 1.29 is 4.39 Å². The molecule has 96 valence electrons. The molecular weight excluding hydrogens is 239 g/mol. The molecule has 0 unspecified atom stereocenters.